The summed E-state index contributed by atoms with van der Waals surface area (Å²) in [4.78, 5) is 0. The van der Waals surface area contributed by atoms with Gasteiger partial charge in [0.05, 0.1) is 17.6 Å². The van der Waals surface area contributed by atoms with Crippen molar-refractivity contribution in [2.24, 2.45) is 11.3 Å². The third-order valence-corrected chi connectivity index (χ3v) is 9.08. The van der Waals surface area contributed by atoms with Gasteiger partial charge in [-0.3, -0.25) is 0 Å². The Morgan fingerprint density at radius 3 is 2.08 bits per heavy atom. The zero-order valence-corrected chi connectivity index (χ0v) is 20.7. The average Bonchev–Trinajstić information content (AvgIpc) is 2.67. The van der Waals surface area contributed by atoms with E-state index in [1.807, 2.05) is 0 Å². The third kappa shape index (κ3) is 5.10. The molecule has 1 aliphatic carbocycles. The van der Waals surface area contributed by atoms with Crippen molar-refractivity contribution in [1.82, 2.24) is 0 Å². The lowest BCUT2D eigenvalue weighted by Crippen LogP contribution is -2.40. The fourth-order valence-corrected chi connectivity index (χ4v) is 6.94. The molecule has 2 heteroatoms. The van der Waals surface area contributed by atoms with Crippen molar-refractivity contribution in [2.75, 3.05) is 0 Å². The normalized spacial score (nSPS) is 18.9. The maximum atomic E-state index is 2.51. The van der Waals surface area contributed by atoms with Crippen LogP contribution in [0.2, 0.25) is 25.7 Å². The van der Waals surface area contributed by atoms with Gasteiger partial charge in [0.2, 0.25) is 0 Å². The Morgan fingerprint density at radius 1 is 0.923 bits per heavy atom. The summed E-state index contributed by atoms with van der Waals surface area (Å²) in [6.45, 7) is 23.8. The standard InChI is InChI=1S/C24H38Si2/c1-16-11-20(13-21(12-16)26(8,9)10)25-15-23-19(4)17(2)18(3)22(23)14-24(5,6)7/h11-13,23H,14-15H2,1-10H3. The van der Waals surface area contributed by atoms with Gasteiger partial charge in [0, 0.05) is 0 Å². The van der Waals surface area contributed by atoms with Crippen molar-refractivity contribution >= 4 is 28.0 Å². The molecule has 1 atom stereocenters. The molecule has 0 N–H and O–H groups in total. The van der Waals surface area contributed by atoms with Crippen molar-refractivity contribution < 1.29 is 0 Å². The molecule has 1 unspecified atom stereocenters. The first-order chi connectivity index (χ1) is 11.8. The van der Waals surface area contributed by atoms with Gasteiger partial charge in [0.25, 0.3) is 0 Å². The number of benzene rings is 1. The van der Waals surface area contributed by atoms with E-state index >= 15 is 0 Å². The van der Waals surface area contributed by atoms with Gasteiger partial charge >= 0.3 is 0 Å². The number of rotatable bonds is 5. The molecule has 0 aliphatic heterocycles. The molecular formula is C24H38Si2. The van der Waals surface area contributed by atoms with E-state index in [1.165, 1.54) is 18.0 Å². The van der Waals surface area contributed by atoms with E-state index in [2.05, 4.69) is 86.3 Å². The van der Waals surface area contributed by atoms with E-state index in [0.717, 1.165) is 9.52 Å². The van der Waals surface area contributed by atoms with Crippen LogP contribution < -0.4 is 10.4 Å². The van der Waals surface area contributed by atoms with Crippen molar-refractivity contribution in [2.45, 2.75) is 80.6 Å². The van der Waals surface area contributed by atoms with Gasteiger partial charge in [-0.2, -0.15) is 0 Å². The van der Waals surface area contributed by atoms with Crippen molar-refractivity contribution in [3.05, 3.63) is 46.1 Å². The van der Waals surface area contributed by atoms with E-state index in [0.29, 0.717) is 11.3 Å². The lowest BCUT2D eigenvalue weighted by atomic mass is 9.82. The molecule has 0 saturated heterocycles. The predicted octanol–water partition coefficient (Wildman–Crippen LogP) is 6.01. The molecule has 0 saturated carbocycles. The van der Waals surface area contributed by atoms with Gasteiger partial charge in [-0.25, -0.2) is 0 Å². The zero-order valence-electron chi connectivity index (χ0n) is 18.7. The van der Waals surface area contributed by atoms with Crippen LogP contribution in [0.25, 0.3) is 0 Å². The summed E-state index contributed by atoms with van der Waals surface area (Å²) < 4.78 is 0. The van der Waals surface area contributed by atoms with Crippen LogP contribution in [0.3, 0.4) is 0 Å². The SMILES string of the molecule is CC1=C(C)C(C[Si]c2cc(C)cc([Si](C)(C)C)c2)C(CC(C)(C)C)=C1C. The molecule has 1 aliphatic rings. The van der Waals surface area contributed by atoms with Gasteiger partial charge in [-0.05, 0) is 62.6 Å². The lowest BCUT2D eigenvalue weighted by Gasteiger charge is -2.25. The van der Waals surface area contributed by atoms with Crippen LogP contribution in [0.15, 0.2) is 40.5 Å². The Hall–Kier alpha value is -0.866. The predicted molar refractivity (Wildman–Crippen MR) is 123 cm³/mol. The van der Waals surface area contributed by atoms with E-state index in [9.17, 15) is 0 Å². The van der Waals surface area contributed by atoms with Crippen molar-refractivity contribution in [1.29, 1.82) is 0 Å². The molecule has 0 amide bonds. The van der Waals surface area contributed by atoms with Crippen LogP contribution in [0.4, 0.5) is 0 Å². The van der Waals surface area contributed by atoms with Crippen LogP contribution in [0.5, 0.6) is 0 Å². The summed E-state index contributed by atoms with van der Waals surface area (Å²) >= 11 is 0. The average molecular weight is 383 g/mol. The Labute approximate surface area is 166 Å². The van der Waals surface area contributed by atoms with E-state index in [1.54, 1.807) is 32.7 Å². The topological polar surface area (TPSA) is 0 Å². The molecule has 2 rings (SSSR count). The molecule has 0 spiro atoms. The fraction of sp³-hybridized carbons (Fsp3) is 0.583. The van der Waals surface area contributed by atoms with Crippen molar-refractivity contribution in [3.8, 4) is 0 Å². The second-order valence-corrected chi connectivity index (χ2v) is 16.9. The maximum Gasteiger partial charge on any atom is 0.0817 e. The van der Waals surface area contributed by atoms with Crippen LogP contribution >= 0.6 is 0 Å². The van der Waals surface area contributed by atoms with E-state index < -0.39 is 8.07 Å². The highest BCUT2D eigenvalue weighted by Gasteiger charge is 2.30. The zero-order chi connectivity index (χ0) is 19.9. The summed E-state index contributed by atoms with van der Waals surface area (Å²) in [5.41, 5.74) is 8.23. The lowest BCUT2D eigenvalue weighted by molar-refractivity contribution is 0.397. The Kier molecular flexibility index (Phi) is 6.29. The molecular weight excluding hydrogens is 344 g/mol. The highest BCUT2D eigenvalue weighted by atomic mass is 28.3. The van der Waals surface area contributed by atoms with Crippen LogP contribution in [-0.2, 0) is 0 Å². The summed E-state index contributed by atoms with van der Waals surface area (Å²) in [6, 6.07) is 8.63. The molecule has 0 bridgehead atoms. The smallest absolute Gasteiger partial charge is 0.0656 e. The molecule has 1 aromatic carbocycles. The van der Waals surface area contributed by atoms with Gasteiger partial charge in [-0.1, -0.05) is 85.7 Å². The molecule has 142 valence electrons. The van der Waals surface area contributed by atoms with E-state index in [4.69, 9.17) is 0 Å². The van der Waals surface area contributed by atoms with Crippen LogP contribution in [0.1, 0.15) is 53.5 Å². The highest BCUT2D eigenvalue weighted by Crippen LogP contribution is 2.43. The minimum absolute atomic E-state index is 0.358. The molecule has 1 aromatic rings. The molecule has 26 heavy (non-hydrogen) atoms. The van der Waals surface area contributed by atoms with E-state index in [-0.39, 0.29) is 0 Å². The van der Waals surface area contributed by atoms with Gasteiger partial charge in [0.15, 0.2) is 0 Å². The molecule has 0 nitrogen and oxygen atoms in total. The third-order valence-electron chi connectivity index (χ3n) is 5.75. The van der Waals surface area contributed by atoms with Gasteiger partial charge in [-0.15, -0.1) is 0 Å². The number of hydrogen-bond donors (Lipinski definition) is 0. The number of aryl methyl sites for hydroxylation is 1. The first kappa shape index (κ1) is 21.4. The quantitative estimate of drug-likeness (QED) is 0.547. The summed E-state index contributed by atoms with van der Waals surface area (Å²) in [6.07, 6.45) is 1.22. The molecule has 0 heterocycles. The highest BCUT2D eigenvalue weighted by molar-refractivity contribution is 6.89. The molecule has 0 aromatic heterocycles. The van der Waals surface area contributed by atoms with Crippen molar-refractivity contribution in [3.63, 3.8) is 0 Å². The molecule has 2 radical (unpaired) electrons. The first-order valence-electron chi connectivity index (χ1n) is 10.0. The van der Waals surface area contributed by atoms with Crippen LogP contribution in [0, 0.1) is 18.3 Å². The van der Waals surface area contributed by atoms with Crippen LogP contribution in [-0.4, -0.2) is 17.6 Å². The first-order valence-corrected chi connectivity index (χ1v) is 14.7. The summed E-state index contributed by atoms with van der Waals surface area (Å²) in [5.74, 6) is 0.656. The Balaban J connectivity index is 2.24. The Bertz CT molecular complexity index is 736. The minimum Gasteiger partial charge on any atom is -0.0656 e. The van der Waals surface area contributed by atoms with Gasteiger partial charge in [0.1, 0.15) is 0 Å². The summed E-state index contributed by atoms with van der Waals surface area (Å²) in [5, 5.41) is 3.17. The minimum atomic E-state index is -1.25. The molecule has 0 fully saturated rings. The number of allylic oxidation sites excluding steroid dienone is 4. The maximum absolute atomic E-state index is 2.51. The number of hydrogen-bond acceptors (Lipinski definition) is 0. The monoisotopic (exact) mass is 382 g/mol. The fourth-order valence-electron chi connectivity index (χ4n) is 3.96. The summed E-state index contributed by atoms with van der Waals surface area (Å²) in [7, 11) is -0.350. The van der Waals surface area contributed by atoms with Gasteiger partial charge < -0.3 is 0 Å². The second-order valence-electron chi connectivity index (χ2n) is 10.5. The largest absolute Gasteiger partial charge is 0.0817 e. The Morgan fingerprint density at radius 2 is 1.54 bits per heavy atom. The second kappa shape index (κ2) is 7.63.